The number of hydrogen-bond acceptors (Lipinski definition) is 7. The van der Waals surface area contributed by atoms with Crippen molar-refractivity contribution in [1.82, 2.24) is 25.4 Å². The third kappa shape index (κ3) is 2.64. The lowest BCUT2D eigenvalue weighted by Gasteiger charge is -2.01. The number of H-pyrrole nitrogens is 1. The van der Waals surface area contributed by atoms with E-state index in [1.54, 1.807) is 0 Å². The van der Waals surface area contributed by atoms with Crippen LogP contribution in [0.1, 0.15) is 18.1 Å². The van der Waals surface area contributed by atoms with Crippen molar-refractivity contribution in [3.8, 4) is 11.5 Å². The van der Waals surface area contributed by atoms with E-state index in [0.717, 1.165) is 5.56 Å². The number of nitrogens with zero attached hydrogens (tertiary/aromatic N) is 4. The Morgan fingerprint density at radius 3 is 2.75 bits per heavy atom. The Morgan fingerprint density at radius 1 is 1.25 bits per heavy atom. The van der Waals surface area contributed by atoms with Crippen molar-refractivity contribution >= 4 is 17.7 Å². The molecule has 7 nitrogen and oxygen atoms in total. The average molecular weight is 288 g/mol. The lowest BCUT2D eigenvalue weighted by atomic mass is 10.2. The first-order valence-electron chi connectivity index (χ1n) is 5.96. The van der Waals surface area contributed by atoms with E-state index in [0.29, 0.717) is 16.9 Å². The van der Waals surface area contributed by atoms with E-state index in [-0.39, 0.29) is 11.2 Å². The van der Waals surface area contributed by atoms with E-state index in [1.165, 1.54) is 11.8 Å². The maximum atomic E-state index is 5.67. The quantitative estimate of drug-likeness (QED) is 0.709. The summed E-state index contributed by atoms with van der Waals surface area (Å²) in [7, 11) is 0. The molecule has 0 fully saturated rings. The molecular formula is C12H12N6OS. The molecule has 0 aliphatic rings. The van der Waals surface area contributed by atoms with Gasteiger partial charge in [-0.05, 0) is 19.1 Å². The Kier molecular flexibility index (Phi) is 3.38. The lowest BCUT2D eigenvalue weighted by molar-refractivity contribution is 0.509. The third-order valence-electron chi connectivity index (χ3n) is 2.57. The maximum absolute atomic E-state index is 5.67. The monoisotopic (exact) mass is 288 g/mol. The van der Waals surface area contributed by atoms with Gasteiger partial charge in [0.05, 0.1) is 5.25 Å². The average Bonchev–Trinajstić information content (AvgIpc) is 3.09. The minimum Gasteiger partial charge on any atom is -0.419 e. The van der Waals surface area contributed by atoms with E-state index in [4.69, 9.17) is 10.2 Å². The van der Waals surface area contributed by atoms with Crippen molar-refractivity contribution in [2.24, 2.45) is 0 Å². The second kappa shape index (κ2) is 5.33. The summed E-state index contributed by atoms with van der Waals surface area (Å²) in [5.41, 5.74) is 6.37. The highest BCUT2D eigenvalue weighted by molar-refractivity contribution is 7.99. The molecule has 0 amide bonds. The summed E-state index contributed by atoms with van der Waals surface area (Å²) in [6, 6.07) is 9.63. The molecule has 2 aromatic heterocycles. The number of nitrogens with one attached hydrogen (secondary N) is 1. The molecule has 0 saturated carbocycles. The Labute approximate surface area is 119 Å². The number of anilines is 1. The van der Waals surface area contributed by atoms with Crippen LogP contribution in [-0.4, -0.2) is 25.4 Å². The van der Waals surface area contributed by atoms with Gasteiger partial charge in [-0.1, -0.05) is 30.0 Å². The molecule has 0 unspecified atom stereocenters. The highest BCUT2D eigenvalue weighted by atomic mass is 32.2. The molecule has 102 valence electrons. The number of nitrogen functional groups attached to an aromatic ring is 1. The Balaban J connectivity index is 1.76. The van der Waals surface area contributed by atoms with Crippen molar-refractivity contribution in [1.29, 1.82) is 0 Å². The number of hydrogen-bond donors (Lipinski definition) is 2. The largest absolute Gasteiger partial charge is 0.419 e. The maximum Gasteiger partial charge on any atom is 0.247 e. The predicted molar refractivity (Wildman–Crippen MR) is 74.8 cm³/mol. The van der Waals surface area contributed by atoms with Gasteiger partial charge in [-0.3, -0.25) is 0 Å². The summed E-state index contributed by atoms with van der Waals surface area (Å²) in [6.07, 6.45) is 0. The molecule has 2 heterocycles. The van der Waals surface area contributed by atoms with Crippen molar-refractivity contribution < 1.29 is 4.42 Å². The minimum atomic E-state index is -0.0600. The number of thioether (sulfide) groups is 1. The van der Waals surface area contributed by atoms with Gasteiger partial charge >= 0.3 is 0 Å². The molecule has 0 aliphatic heterocycles. The van der Waals surface area contributed by atoms with Gasteiger partial charge in [0.2, 0.25) is 22.9 Å². The van der Waals surface area contributed by atoms with E-state index >= 15 is 0 Å². The number of aromatic nitrogens is 5. The molecule has 0 radical (unpaired) electrons. The van der Waals surface area contributed by atoms with E-state index in [9.17, 15) is 0 Å². The second-order valence-corrected chi connectivity index (χ2v) is 5.38. The lowest BCUT2D eigenvalue weighted by Crippen LogP contribution is -1.90. The van der Waals surface area contributed by atoms with Crippen LogP contribution in [0.2, 0.25) is 0 Å². The fraction of sp³-hybridized carbons (Fsp3) is 0.167. The van der Waals surface area contributed by atoms with Crippen molar-refractivity contribution in [2.75, 3.05) is 5.73 Å². The Morgan fingerprint density at radius 2 is 2.05 bits per heavy atom. The SMILES string of the molecule is C[C@H](Sc1n[nH]c(N)n1)c1nnc(-c2ccccc2)o1. The molecule has 0 saturated heterocycles. The van der Waals surface area contributed by atoms with Crippen LogP contribution in [0.4, 0.5) is 5.95 Å². The van der Waals surface area contributed by atoms with E-state index < -0.39 is 0 Å². The summed E-state index contributed by atoms with van der Waals surface area (Å²) in [5.74, 6) is 1.31. The molecule has 1 atom stereocenters. The van der Waals surface area contributed by atoms with Crippen LogP contribution in [0.5, 0.6) is 0 Å². The van der Waals surface area contributed by atoms with Gasteiger partial charge in [0, 0.05) is 5.56 Å². The fourth-order valence-corrected chi connectivity index (χ4v) is 2.38. The van der Waals surface area contributed by atoms with Crippen LogP contribution in [0.15, 0.2) is 39.9 Å². The molecule has 3 N–H and O–H groups in total. The molecule has 0 spiro atoms. The van der Waals surface area contributed by atoms with Gasteiger partial charge < -0.3 is 10.2 Å². The summed E-state index contributed by atoms with van der Waals surface area (Å²) in [5, 5.41) is 15.1. The normalized spacial score (nSPS) is 12.4. The number of rotatable bonds is 4. The van der Waals surface area contributed by atoms with Crippen LogP contribution < -0.4 is 5.73 Å². The van der Waals surface area contributed by atoms with Crippen LogP contribution in [0.3, 0.4) is 0 Å². The topological polar surface area (TPSA) is 107 Å². The standard InChI is InChI=1S/C12H12N6OS/c1-7(20-12-14-11(13)17-18-12)9-15-16-10(19-9)8-5-3-2-4-6-8/h2-7H,1H3,(H3,13,14,17,18)/t7-/m0/s1. The third-order valence-corrected chi connectivity index (χ3v) is 3.52. The zero-order valence-corrected chi connectivity index (χ0v) is 11.5. The molecular weight excluding hydrogens is 276 g/mol. The number of nitrogens with two attached hydrogens (primary N) is 1. The Bertz CT molecular complexity index is 695. The van der Waals surface area contributed by atoms with Crippen LogP contribution >= 0.6 is 11.8 Å². The van der Waals surface area contributed by atoms with Crippen molar-refractivity contribution in [3.63, 3.8) is 0 Å². The van der Waals surface area contributed by atoms with Crippen LogP contribution in [0.25, 0.3) is 11.5 Å². The molecule has 3 rings (SSSR count). The molecule has 8 heteroatoms. The summed E-state index contributed by atoms with van der Waals surface area (Å²) < 4.78 is 5.67. The van der Waals surface area contributed by atoms with Gasteiger partial charge in [0.15, 0.2) is 0 Å². The van der Waals surface area contributed by atoms with E-state index in [2.05, 4.69) is 25.4 Å². The zero-order chi connectivity index (χ0) is 13.9. The summed E-state index contributed by atoms with van der Waals surface area (Å²) in [6.45, 7) is 1.94. The number of aromatic amines is 1. The zero-order valence-electron chi connectivity index (χ0n) is 10.6. The summed E-state index contributed by atoms with van der Waals surface area (Å²) >= 11 is 1.40. The van der Waals surface area contributed by atoms with E-state index in [1.807, 2.05) is 37.3 Å². The fourth-order valence-electron chi connectivity index (χ4n) is 1.62. The highest BCUT2D eigenvalue weighted by Gasteiger charge is 2.18. The van der Waals surface area contributed by atoms with Gasteiger partial charge in [0.25, 0.3) is 0 Å². The van der Waals surface area contributed by atoms with Crippen LogP contribution in [-0.2, 0) is 0 Å². The second-order valence-electron chi connectivity index (χ2n) is 4.07. The molecule has 1 aromatic carbocycles. The minimum absolute atomic E-state index is 0.0600. The first-order valence-corrected chi connectivity index (χ1v) is 6.83. The van der Waals surface area contributed by atoms with Crippen molar-refractivity contribution in [2.45, 2.75) is 17.3 Å². The van der Waals surface area contributed by atoms with Gasteiger partial charge in [-0.25, -0.2) is 5.10 Å². The summed E-state index contributed by atoms with van der Waals surface area (Å²) in [4.78, 5) is 4.03. The molecule has 0 bridgehead atoms. The van der Waals surface area contributed by atoms with Crippen LogP contribution in [0, 0.1) is 0 Å². The van der Waals surface area contributed by atoms with Crippen molar-refractivity contribution in [3.05, 3.63) is 36.2 Å². The first-order chi connectivity index (χ1) is 9.72. The molecule has 20 heavy (non-hydrogen) atoms. The Hall–Kier alpha value is -2.35. The van der Waals surface area contributed by atoms with Gasteiger partial charge in [-0.2, -0.15) is 4.98 Å². The first kappa shape index (κ1) is 12.7. The predicted octanol–water partition coefficient (Wildman–Crippen LogP) is 2.29. The van der Waals surface area contributed by atoms with Gasteiger partial charge in [-0.15, -0.1) is 15.3 Å². The molecule has 3 aromatic rings. The van der Waals surface area contributed by atoms with Gasteiger partial charge in [0.1, 0.15) is 0 Å². The highest BCUT2D eigenvalue weighted by Crippen LogP contribution is 2.33. The number of benzene rings is 1. The smallest absolute Gasteiger partial charge is 0.247 e. The molecule has 0 aliphatic carbocycles.